The number of carbonyl (C=O) groups excluding carboxylic acids is 1. The van der Waals surface area contributed by atoms with E-state index in [9.17, 15) is 14.7 Å². The van der Waals surface area contributed by atoms with Gasteiger partial charge in [-0.3, -0.25) is 9.59 Å². The minimum atomic E-state index is -0.606. The Balaban J connectivity index is 2.25. The van der Waals surface area contributed by atoms with E-state index in [2.05, 4.69) is 15.2 Å². The van der Waals surface area contributed by atoms with Gasteiger partial charge >= 0.3 is 5.97 Å². The van der Waals surface area contributed by atoms with E-state index in [4.69, 9.17) is 16.3 Å². The van der Waals surface area contributed by atoms with Gasteiger partial charge in [0.2, 0.25) is 0 Å². The van der Waals surface area contributed by atoms with Crippen LogP contribution in [-0.4, -0.2) is 26.3 Å². The average Bonchev–Trinajstić information content (AvgIpc) is 2.49. The van der Waals surface area contributed by atoms with Crippen LogP contribution in [0.5, 0.6) is 11.6 Å². The largest absolute Gasteiger partial charge is 0.506 e. The highest BCUT2D eigenvalue weighted by Gasteiger charge is 2.19. The van der Waals surface area contributed by atoms with E-state index >= 15 is 0 Å². The van der Waals surface area contributed by atoms with Crippen molar-refractivity contribution in [1.82, 2.24) is 15.2 Å². The molecule has 0 saturated carbocycles. The van der Waals surface area contributed by atoms with Crippen LogP contribution in [0.15, 0.2) is 23.0 Å². The van der Waals surface area contributed by atoms with Crippen LogP contribution >= 0.6 is 11.6 Å². The number of pyridine rings is 1. The van der Waals surface area contributed by atoms with Gasteiger partial charge in [0.25, 0.3) is 11.4 Å². The number of nitrogens with one attached hydrogen (secondary N) is 1. The summed E-state index contributed by atoms with van der Waals surface area (Å²) >= 11 is 5.92. The minimum Gasteiger partial charge on any atom is -0.506 e. The molecule has 0 fully saturated rings. The summed E-state index contributed by atoms with van der Waals surface area (Å²) in [6.45, 7) is 3.74. The van der Waals surface area contributed by atoms with Crippen molar-refractivity contribution < 1.29 is 14.6 Å². The Morgan fingerprint density at radius 1 is 1.42 bits per heavy atom. The van der Waals surface area contributed by atoms with Crippen molar-refractivity contribution in [2.75, 3.05) is 0 Å². The van der Waals surface area contributed by atoms with Crippen molar-refractivity contribution in [2.24, 2.45) is 5.92 Å². The quantitative estimate of drug-likeness (QED) is 0.557. The third-order valence-electron chi connectivity index (χ3n) is 3.39. The first-order valence-corrected chi connectivity index (χ1v) is 7.66. The molecule has 0 bridgehead atoms. The third kappa shape index (κ3) is 2.90. The van der Waals surface area contributed by atoms with Gasteiger partial charge in [0.1, 0.15) is 16.7 Å². The molecule has 3 rings (SSSR count). The van der Waals surface area contributed by atoms with Gasteiger partial charge in [-0.15, -0.1) is 5.10 Å². The number of esters is 1. The predicted molar refractivity (Wildman–Crippen MR) is 89.4 cm³/mol. The fourth-order valence-corrected chi connectivity index (χ4v) is 2.52. The molecule has 3 aromatic rings. The zero-order valence-electron chi connectivity index (χ0n) is 13.0. The number of aromatic amines is 1. The van der Waals surface area contributed by atoms with Crippen LogP contribution in [0.1, 0.15) is 20.3 Å². The summed E-state index contributed by atoms with van der Waals surface area (Å²) in [7, 11) is 0. The molecule has 0 aliphatic carbocycles. The number of nitrogens with zero attached hydrogens (tertiary/aromatic N) is 2. The van der Waals surface area contributed by atoms with E-state index in [1.54, 1.807) is 12.1 Å². The minimum absolute atomic E-state index is 0.00863. The van der Waals surface area contributed by atoms with Gasteiger partial charge < -0.3 is 9.84 Å². The average molecular weight is 348 g/mol. The molecule has 2 aromatic heterocycles. The number of aromatic hydroxyl groups is 1. The Morgan fingerprint density at radius 2 is 2.17 bits per heavy atom. The van der Waals surface area contributed by atoms with Crippen molar-refractivity contribution in [1.29, 1.82) is 0 Å². The second kappa shape index (κ2) is 6.09. The molecular formula is C16H14ClN3O4. The predicted octanol–water partition coefficient (Wildman–Crippen LogP) is 2.78. The van der Waals surface area contributed by atoms with Crippen LogP contribution in [0.25, 0.3) is 21.8 Å². The number of carbonyl (C=O) groups is 1. The lowest BCUT2D eigenvalue weighted by Gasteiger charge is -2.10. The highest BCUT2D eigenvalue weighted by atomic mass is 35.5. The highest BCUT2D eigenvalue weighted by Crippen LogP contribution is 2.35. The molecule has 8 heteroatoms. The summed E-state index contributed by atoms with van der Waals surface area (Å²) in [5.74, 6) is -0.836. The number of fused-ring (bicyclic) bond motifs is 2. The highest BCUT2D eigenvalue weighted by molar-refractivity contribution is 6.31. The van der Waals surface area contributed by atoms with Crippen LogP contribution in [0.3, 0.4) is 0 Å². The lowest BCUT2D eigenvalue weighted by atomic mass is 10.1. The number of benzene rings is 1. The van der Waals surface area contributed by atoms with E-state index in [-0.39, 0.29) is 34.9 Å². The van der Waals surface area contributed by atoms with Crippen molar-refractivity contribution >= 4 is 39.4 Å². The van der Waals surface area contributed by atoms with Crippen LogP contribution in [-0.2, 0) is 4.79 Å². The number of hydrogen-bond acceptors (Lipinski definition) is 6. The molecule has 2 heterocycles. The van der Waals surface area contributed by atoms with E-state index in [0.29, 0.717) is 15.9 Å². The fraction of sp³-hybridized carbons (Fsp3) is 0.250. The maximum Gasteiger partial charge on any atom is 0.312 e. The lowest BCUT2D eigenvalue weighted by molar-refractivity contribution is -0.135. The van der Waals surface area contributed by atoms with Gasteiger partial charge in [0.05, 0.1) is 5.52 Å². The maximum atomic E-state index is 12.0. The number of rotatable bonds is 3. The molecular weight excluding hydrogens is 334 g/mol. The van der Waals surface area contributed by atoms with E-state index < -0.39 is 11.5 Å². The summed E-state index contributed by atoms with van der Waals surface area (Å²) in [4.78, 5) is 28.1. The number of hydrogen-bond donors (Lipinski definition) is 2. The fourth-order valence-electron chi connectivity index (χ4n) is 2.35. The molecule has 7 nitrogen and oxygen atoms in total. The number of ether oxygens (including phenoxy) is 1. The van der Waals surface area contributed by atoms with Crippen molar-refractivity contribution in [3.8, 4) is 11.6 Å². The van der Waals surface area contributed by atoms with E-state index in [1.165, 1.54) is 6.07 Å². The first kappa shape index (κ1) is 16.2. The van der Waals surface area contributed by atoms with E-state index in [0.717, 1.165) is 0 Å². The van der Waals surface area contributed by atoms with Crippen LogP contribution in [0.4, 0.5) is 0 Å². The zero-order chi connectivity index (χ0) is 17.4. The molecule has 124 valence electrons. The van der Waals surface area contributed by atoms with Crippen molar-refractivity contribution in [3.63, 3.8) is 0 Å². The molecule has 1 aromatic carbocycles. The normalized spacial score (nSPS) is 11.3. The molecule has 0 spiro atoms. The number of H-pyrrole nitrogens is 1. The first-order valence-electron chi connectivity index (χ1n) is 7.28. The first-order chi connectivity index (χ1) is 11.4. The van der Waals surface area contributed by atoms with Crippen LogP contribution in [0.2, 0.25) is 5.02 Å². The Labute approximate surface area is 141 Å². The molecule has 0 atom stereocenters. The Morgan fingerprint density at radius 3 is 2.88 bits per heavy atom. The second-order valence-electron chi connectivity index (χ2n) is 5.78. The van der Waals surface area contributed by atoms with Crippen LogP contribution in [0, 0.1) is 5.92 Å². The molecule has 2 N–H and O–H groups in total. The molecule has 0 aliphatic heterocycles. The molecule has 0 unspecified atom stereocenters. The van der Waals surface area contributed by atoms with Crippen molar-refractivity contribution in [2.45, 2.75) is 20.3 Å². The molecule has 0 saturated heterocycles. The Hall–Kier alpha value is -2.67. The number of halogens is 1. The topological polar surface area (TPSA) is 105 Å². The third-order valence-corrected chi connectivity index (χ3v) is 3.63. The number of aromatic nitrogens is 3. The molecule has 0 amide bonds. The van der Waals surface area contributed by atoms with E-state index in [1.807, 2.05) is 13.8 Å². The Bertz CT molecular complexity index is 1010. The standard InChI is InChI=1S/C16H14ClN3O4/c1-7(2)5-11(21)24-16-12-13(15(23)19-20-16)18-10-6-8(17)3-4-9(10)14(12)22/h3-4,6-7H,5H2,1-2H3,(H,18,22)(H,19,23). The Kier molecular flexibility index (Phi) is 4.11. The van der Waals surface area contributed by atoms with Crippen LogP contribution < -0.4 is 10.3 Å². The maximum absolute atomic E-state index is 12.0. The second-order valence-corrected chi connectivity index (χ2v) is 6.21. The summed E-state index contributed by atoms with van der Waals surface area (Å²) in [6.07, 6.45) is 0.180. The van der Waals surface area contributed by atoms with Gasteiger partial charge in [0, 0.05) is 16.8 Å². The van der Waals surface area contributed by atoms with Crippen molar-refractivity contribution in [3.05, 3.63) is 33.6 Å². The van der Waals surface area contributed by atoms with Gasteiger partial charge in [-0.25, -0.2) is 10.1 Å². The van der Waals surface area contributed by atoms with Gasteiger partial charge in [0.15, 0.2) is 0 Å². The SMILES string of the molecule is CC(C)CC(=O)Oc1n[nH]c(=O)c2nc3cc(Cl)ccc3c(O)c12. The smallest absolute Gasteiger partial charge is 0.312 e. The molecule has 0 aliphatic rings. The molecule has 0 radical (unpaired) electrons. The van der Waals surface area contributed by atoms with Gasteiger partial charge in [-0.1, -0.05) is 25.4 Å². The van der Waals surface area contributed by atoms with Gasteiger partial charge in [-0.2, -0.15) is 0 Å². The summed E-state index contributed by atoms with van der Waals surface area (Å²) in [5.41, 5.74) is -0.334. The van der Waals surface area contributed by atoms with Gasteiger partial charge in [-0.05, 0) is 24.1 Å². The zero-order valence-corrected chi connectivity index (χ0v) is 13.7. The molecule has 24 heavy (non-hydrogen) atoms. The lowest BCUT2D eigenvalue weighted by Crippen LogP contribution is -2.16. The summed E-state index contributed by atoms with van der Waals surface area (Å²) in [6, 6.07) is 4.68. The summed E-state index contributed by atoms with van der Waals surface area (Å²) < 4.78 is 5.20. The monoisotopic (exact) mass is 347 g/mol. The summed E-state index contributed by atoms with van der Waals surface area (Å²) in [5, 5.41) is 17.3.